The molecule has 0 bridgehead atoms. The minimum absolute atomic E-state index is 0.0116. The van der Waals surface area contributed by atoms with Crippen molar-refractivity contribution in [3.05, 3.63) is 22.4 Å². The molecule has 6 nitrogen and oxygen atoms in total. The zero-order chi connectivity index (χ0) is 15.4. The molecule has 0 amide bonds. The van der Waals surface area contributed by atoms with Crippen LogP contribution in [0.2, 0.25) is 0 Å². The summed E-state index contributed by atoms with van der Waals surface area (Å²) in [4.78, 5) is 14.0. The van der Waals surface area contributed by atoms with Crippen LogP contribution in [0.5, 0.6) is 0 Å². The summed E-state index contributed by atoms with van der Waals surface area (Å²) in [6, 6.07) is 4.32. The molecular formula is C13H18N4O2S2. The van der Waals surface area contributed by atoms with E-state index in [-0.39, 0.29) is 11.8 Å². The Kier molecular flexibility index (Phi) is 5.24. The lowest BCUT2D eigenvalue weighted by Gasteiger charge is -2.25. The zero-order valence-electron chi connectivity index (χ0n) is 12.2. The molecule has 0 radical (unpaired) electrons. The van der Waals surface area contributed by atoms with Gasteiger partial charge in [-0.25, -0.2) is 0 Å². The van der Waals surface area contributed by atoms with E-state index < -0.39 is 5.97 Å². The Balaban J connectivity index is 2.21. The molecule has 0 spiro atoms. The van der Waals surface area contributed by atoms with Gasteiger partial charge in [-0.3, -0.25) is 9.36 Å². The monoisotopic (exact) mass is 326 g/mol. The normalized spacial score (nSPS) is 12.3. The molecule has 21 heavy (non-hydrogen) atoms. The average Bonchev–Trinajstić information content (AvgIpc) is 3.12. The maximum absolute atomic E-state index is 10.7. The van der Waals surface area contributed by atoms with Crippen LogP contribution in [0.25, 0.3) is 0 Å². The predicted octanol–water partition coefficient (Wildman–Crippen LogP) is 2.73. The van der Waals surface area contributed by atoms with Gasteiger partial charge in [-0.2, -0.15) is 0 Å². The molecule has 2 aromatic heterocycles. The van der Waals surface area contributed by atoms with Crippen LogP contribution in [-0.4, -0.2) is 38.6 Å². The summed E-state index contributed by atoms with van der Waals surface area (Å²) in [5, 5.41) is 19.8. The van der Waals surface area contributed by atoms with Crippen molar-refractivity contribution in [2.45, 2.75) is 31.6 Å². The summed E-state index contributed by atoms with van der Waals surface area (Å²) in [5.74, 6) is -0.110. The lowest BCUT2D eigenvalue weighted by atomic mass is 10.2. The second kappa shape index (κ2) is 6.95. The van der Waals surface area contributed by atoms with Crippen LogP contribution < -0.4 is 4.90 Å². The van der Waals surface area contributed by atoms with Gasteiger partial charge in [-0.05, 0) is 25.3 Å². The number of carboxylic acid groups (broad SMARTS) is 1. The fraction of sp³-hybridized carbons (Fsp3) is 0.462. The fourth-order valence-corrected chi connectivity index (χ4v) is 3.49. The number of nitrogens with zero attached hydrogens (tertiary/aromatic N) is 4. The number of thioether (sulfide) groups is 1. The maximum atomic E-state index is 10.7. The van der Waals surface area contributed by atoms with Crippen molar-refractivity contribution >= 4 is 35.0 Å². The van der Waals surface area contributed by atoms with E-state index in [9.17, 15) is 4.79 Å². The Bertz CT molecular complexity index is 597. The van der Waals surface area contributed by atoms with Crippen molar-refractivity contribution in [3.8, 4) is 0 Å². The first-order chi connectivity index (χ1) is 10.0. The second-order valence-corrected chi connectivity index (χ2v) is 6.43. The highest BCUT2D eigenvalue weighted by molar-refractivity contribution is 7.99. The number of thiophene rings is 1. The molecule has 1 atom stereocenters. The van der Waals surface area contributed by atoms with Crippen molar-refractivity contribution in [2.75, 3.05) is 17.7 Å². The van der Waals surface area contributed by atoms with Crippen LogP contribution in [0.1, 0.15) is 24.8 Å². The van der Waals surface area contributed by atoms with Crippen molar-refractivity contribution < 1.29 is 9.90 Å². The van der Waals surface area contributed by atoms with E-state index in [0.29, 0.717) is 11.7 Å². The van der Waals surface area contributed by atoms with E-state index in [1.165, 1.54) is 16.6 Å². The summed E-state index contributed by atoms with van der Waals surface area (Å²) in [5.41, 5.74) is 0. The van der Waals surface area contributed by atoms with E-state index in [2.05, 4.69) is 33.5 Å². The van der Waals surface area contributed by atoms with Crippen LogP contribution in [-0.2, 0) is 11.3 Å². The van der Waals surface area contributed by atoms with Crippen molar-refractivity contribution in [1.82, 2.24) is 14.8 Å². The van der Waals surface area contributed by atoms with Gasteiger partial charge in [-0.1, -0.05) is 17.8 Å². The Morgan fingerprint density at radius 2 is 2.33 bits per heavy atom. The highest BCUT2D eigenvalue weighted by Crippen LogP contribution is 2.29. The third-order valence-electron chi connectivity index (χ3n) is 3.19. The van der Waals surface area contributed by atoms with Gasteiger partial charge in [0.05, 0.1) is 11.8 Å². The molecular weight excluding hydrogens is 308 g/mol. The van der Waals surface area contributed by atoms with Crippen LogP contribution in [0.4, 0.5) is 5.95 Å². The van der Waals surface area contributed by atoms with Gasteiger partial charge in [0.15, 0.2) is 5.16 Å². The zero-order valence-corrected chi connectivity index (χ0v) is 13.8. The Morgan fingerprint density at radius 1 is 1.57 bits per heavy atom. The second-order valence-electron chi connectivity index (χ2n) is 4.51. The van der Waals surface area contributed by atoms with Crippen molar-refractivity contribution in [3.63, 3.8) is 0 Å². The molecule has 114 valence electrons. The van der Waals surface area contributed by atoms with Gasteiger partial charge in [0.25, 0.3) is 0 Å². The lowest BCUT2D eigenvalue weighted by Crippen LogP contribution is -2.24. The molecule has 8 heteroatoms. The molecule has 0 saturated heterocycles. The first-order valence-corrected chi connectivity index (χ1v) is 8.45. The van der Waals surface area contributed by atoms with Crippen LogP contribution in [0.3, 0.4) is 0 Å². The summed E-state index contributed by atoms with van der Waals surface area (Å²) >= 11 is 2.90. The number of hydrogen-bond donors (Lipinski definition) is 1. The molecule has 1 unspecified atom stereocenters. The molecule has 0 aliphatic carbocycles. The predicted molar refractivity (Wildman–Crippen MR) is 85.2 cm³/mol. The summed E-state index contributed by atoms with van der Waals surface area (Å²) in [6.07, 6.45) is 0. The maximum Gasteiger partial charge on any atom is 0.313 e. The third-order valence-corrected chi connectivity index (χ3v) is 5.18. The number of aromatic nitrogens is 3. The topological polar surface area (TPSA) is 71.2 Å². The average molecular weight is 326 g/mol. The van der Waals surface area contributed by atoms with E-state index >= 15 is 0 Å². The number of rotatable bonds is 7. The molecule has 0 fully saturated rings. The highest BCUT2D eigenvalue weighted by atomic mass is 32.2. The Labute approximate surface area is 131 Å². The fourth-order valence-electron chi connectivity index (χ4n) is 1.94. The molecule has 0 aliphatic rings. The molecule has 0 saturated carbocycles. The number of hydrogen-bond acceptors (Lipinski definition) is 6. The van der Waals surface area contributed by atoms with Gasteiger partial charge >= 0.3 is 5.97 Å². The first kappa shape index (κ1) is 15.8. The number of carbonyl (C=O) groups is 1. The largest absolute Gasteiger partial charge is 0.481 e. The van der Waals surface area contributed by atoms with Gasteiger partial charge in [0, 0.05) is 18.5 Å². The number of carboxylic acids is 1. The first-order valence-electron chi connectivity index (χ1n) is 6.58. The van der Waals surface area contributed by atoms with Crippen LogP contribution >= 0.6 is 23.1 Å². The molecule has 0 aromatic carbocycles. The summed E-state index contributed by atoms with van der Waals surface area (Å²) in [6.45, 7) is 4.82. The SMILES string of the molecule is CCn1c(SCC(=O)O)nnc1N(C)C(C)c1cccs1. The van der Waals surface area contributed by atoms with E-state index in [0.717, 1.165) is 5.95 Å². The van der Waals surface area contributed by atoms with Gasteiger partial charge < -0.3 is 10.0 Å². The number of anilines is 1. The van der Waals surface area contributed by atoms with Gasteiger partial charge in [0.2, 0.25) is 5.95 Å². The standard InChI is InChI=1S/C13H18N4O2S2/c1-4-17-12(14-15-13(17)21-8-11(18)19)16(3)9(2)10-6-5-7-20-10/h5-7,9H,4,8H2,1-3H3,(H,18,19). The van der Waals surface area contributed by atoms with Crippen LogP contribution in [0, 0.1) is 0 Å². The molecule has 2 heterocycles. The van der Waals surface area contributed by atoms with Crippen molar-refractivity contribution in [2.24, 2.45) is 0 Å². The minimum Gasteiger partial charge on any atom is -0.481 e. The summed E-state index contributed by atoms with van der Waals surface area (Å²) in [7, 11) is 1.98. The molecule has 2 rings (SSSR count). The van der Waals surface area contributed by atoms with E-state index in [1.54, 1.807) is 11.3 Å². The van der Waals surface area contributed by atoms with Gasteiger partial charge in [-0.15, -0.1) is 21.5 Å². The van der Waals surface area contributed by atoms with E-state index in [4.69, 9.17) is 5.11 Å². The van der Waals surface area contributed by atoms with E-state index in [1.807, 2.05) is 24.6 Å². The lowest BCUT2D eigenvalue weighted by molar-refractivity contribution is -0.133. The molecule has 2 aromatic rings. The van der Waals surface area contributed by atoms with Crippen molar-refractivity contribution in [1.29, 1.82) is 0 Å². The third kappa shape index (κ3) is 3.56. The Hall–Kier alpha value is -1.54. The quantitative estimate of drug-likeness (QED) is 0.789. The molecule has 1 N–H and O–H groups in total. The number of aliphatic carboxylic acids is 1. The molecule has 0 aliphatic heterocycles. The highest BCUT2D eigenvalue weighted by Gasteiger charge is 2.20. The van der Waals surface area contributed by atoms with Gasteiger partial charge in [0.1, 0.15) is 0 Å². The minimum atomic E-state index is -0.854. The summed E-state index contributed by atoms with van der Waals surface area (Å²) < 4.78 is 1.94. The van der Waals surface area contributed by atoms with Crippen LogP contribution in [0.15, 0.2) is 22.7 Å². The smallest absolute Gasteiger partial charge is 0.313 e. The Morgan fingerprint density at radius 3 is 2.90 bits per heavy atom.